The molecule has 0 unspecified atom stereocenters. The number of para-hydroxylation sites is 2. The van der Waals surface area contributed by atoms with E-state index in [9.17, 15) is 14.7 Å². The van der Waals surface area contributed by atoms with Gasteiger partial charge in [0.15, 0.2) is 5.11 Å². The highest BCUT2D eigenvalue weighted by Gasteiger charge is 2.44. The Balaban J connectivity index is 1.77. The van der Waals surface area contributed by atoms with Gasteiger partial charge in [0.05, 0.1) is 17.3 Å². The van der Waals surface area contributed by atoms with Gasteiger partial charge in [0.25, 0.3) is 5.91 Å². The molecule has 4 rings (SSSR count). The molecule has 1 heterocycles. The average molecular weight is 415 g/mol. The number of carboxylic acid groups (broad SMARTS) is 1. The molecule has 148 valence electrons. The number of rotatable bonds is 5. The second-order valence-electron chi connectivity index (χ2n) is 6.39. The predicted molar refractivity (Wildman–Crippen MR) is 115 cm³/mol. The number of carbonyl (C=O) groups is 2. The number of aromatic carboxylic acids is 1. The van der Waals surface area contributed by atoms with E-state index in [4.69, 9.17) is 12.2 Å². The number of carboxylic acids is 1. The summed E-state index contributed by atoms with van der Waals surface area (Å²) in [5.41, 5.74) is 1.27. The molecule has 1 fully saturated rings. The molecule has 0 saturated carbocycles. The maximum absolute atomic E-state index is 13.3. The number of anilines is 2. The zero-order valence-electron chi connectivity index (χ0n) is 15.6. The van der Waals surface area contributed by atoms with Crippen LogP contribution in [0.1, 0.15) is 10.4 Å². The number of nitrogens with zero attached hydrogens (tertiary/aromatic N) is 4. The van der Waals surface area contributed by atoms with Gasteiger partial charge in [0, 0.05) is 11.3 Å². The minimum atomic E-state index is -1.37. The molecule has 1 atom stereocenters. The van der Waals surface area contributed by atoms with Crippen molar-refractivity contribution in [1.82, 2.24) is 0 Å². The van der Waals surface area contributed by atoms with E-state index in [1.165, 1.54) is 17.0 Å². The van der Waals surface area contributed by atoms with Gasteiger partial charge in [-0.1, -0.05) is 54.6 Å². The number of azo groups is 1. The van der Waals surface area contributed by atoms with Crippen molar-refractivity contribution >= 4 is 46.3 Å². The first-order valence-corrected chi connectivity index (χ1v) is 9.47. The zero-order chi connectivity index (χ0) is 21.1. The molecule has 0 aromatic heterocycles. The highest BCUT2D eigenvalue weighted by Crippen LogP contribution is 2.31. The number of hydrogen-bond acceptors (Lipinski definition) is 6. The van der Waals surface area contributed by atoms with Gasteiger partial charge in [-0.3, -0.25) is 14.6 Å². The molecule has 8 heteroatoms. The van der Waals surface area contributed by atoms with Crippen LogP contribution in [0.15, 0.2) is 95.2 Å². The van der Waals surface area contributed by atoms with Crippen LogP contribution in [0.2, 0.25) is 0 Å². The van der Waals surface area contributed by atoms with Crippen LogP contribution >= 0.6 is 12.2 Å². The smallest absolute Gasteiger partial charge is 0.281 e. The first kappa shape index (κ1) is 19.4. The van der Waals surface area contributed by atoms with E-state index in [1.807, 2.05) is 48.5 Å². The molecule has 1 aliphatic heterocycles. The minimum absolute atomic E-state index is 0.0994. The molecule has 0 spiro atoms. The quantitative estimate of drug-likeness (QED) is 0.471. The summed E-state index contributed by atoms with van der Waals surface area (Å²) in [5, 5.41) is 19.8. The number of benzene rings is 3. The monoisotopic (exact) mass is 415 g/mol. The Morgan fingerprint density at radius 2 is 1.43 bits per heavy atom. The van der Waals surface area contributed by atoms with Crippen LogP contribution in [0.4, 0.5) is 17.1 Å². The number of thiocarbonyl (C=S) groups is 1. The fraction of sp³-hybridized carbons (Fsp3) is 0.0455. The maximum atomic E-state index is 13.3. The first-order chi connectivity index (χ1) is 14.6. The molecule has 1 amide bonds. The van der Waals surface area contributed by atoms with Crippen LogP contribution in [-0.2, 0) is 4.79 Å². The Labute approximate surface area is 177 Å². The van der Waals surface area contributed by atoms with Crippen molar-refractivity contribution in [3.05, 3.63) is 90.5 Å². The SMILES string of the molecule is O=C([O-])c1ccccc1N=N[C@H]1C(=O)N(c2ccccc2)C(=S)N1c1ccccc1. The van der Waals surface area contributed by atoms with Gasteiger partial charge in [-0.15, -0.1) is 0 Å². The van der Waals surface area contributed by atoms with E-state index in [0.717, 1.165) is 0 Å². The summed E-state index contributed by atoms with van der Waals surface area (Å²) in [7, 11) is 0. The summed E-state index contributed by atoms with van der Waals surface area (Å²) < 4.78 is 0. The minimum Gasteiger partial charge on any atom is -0.545 e. The van der Waals surface area contributed by atoms with E-state index < -0.39 is 12.1 Å². The largest absolute Gasteiger partial charge is 0.545 e. The van der Waals surface area contributed by atoms with E-state index in [0.29, 0.717) is 11.4 Å². The van der Waals surface area contributed by atoms with Crippen LogP contribution < -0.4 is 14.9 Å². The lowest BCUT2D eigenvalue weighted by Crippen LogP contribution is -2.33. The van der Waals surface area contributed by atoms with Gasteiger partial charge in [-0.05, 0) is 42.5 Å². The van der Waals surface area contributed by atoms with Crippen LogP contribution in [0.3, 0.4) is 0 Å². The Hall–Kier alpha value is -3.91. The van der Waals surface area contributed by atoms with Gasteiger partial charge < -0.3 is 9.90 Å². The van der Waals surface area contributed by atoms with Crippen molar-refractivity contribution in [3.63, 3.8) is 0 Å². The highest BCUT2D eigenvalue weighted by atomic mass is 32.1. The predicted octanol–water partition coefficient (Wildman–Crippen LogP) is 3.30. The Morgan fingerprint density at radius 1 is 0.867 bits per heavy atom. The number of amides is 1. The van der Waals surface area contributed by atoms with Crippen molar-refractivity contribution in [3.8, 4) is 0 Å². The molecular formula is C22H15N4O3S-. The molecule has 30 heavy (non-hydrogen) atoms. The summed E-state index contributed by atoms with van der Waals surface area (Å²) in [6.07, 6.45) is -1.07. The summed E-state index contributed by atoms with van der Waals surface area (Å²) >= 11 is 5.60. The van der Waals surface area contributed by atoms with Gasteiger partial charge in [-0.2, -0.15) is 10.2 Å². The molecule has 1 saturated heterocycles. The molecule has 7 nitrogen and oxygen atoms in total. The van der Waals surface area contributed by atoms with Gasteiger partial charge in [0.2, 0.25) is 6.17 Å². The summed E-state index contributed by atoms with van der Waals surface area (Å²) in [5.74, 6) is -1.76. The normalized spacial score (nSPS) is 16.5. The molecule has 0 bridgehead atoms. The zero-order valence-corrected chi connectivity index (χ0v) is 16.4. The molecule has 0 aliphatic carbocycles. The third-order valence-corrected chi connectivity index (χ3v) is 4.91. The van der Waals surface area contributed by atoms with E-state index in [-0.39, 0.29) is 22.3 Å². The van der Waals surface area contributed by atoms with E-state index >= 15 is 0 Å². The van der Waals surface area contributed by atoms with Crippen LogP contribution in [0.25, 0.3) is 0 Å². The summed E-state index contributed by atoms with van der Waals surface area (Å²) in [4.78, 5) is 27.6. The third-order valence-electron chi connectivity index (χ3n) is 4.53. The Kier molecular flexibility index (Phi) is 5.32. The van der Waals surface area contributed by atoms with Gasteiger partial charge >= 0.3 is 0 Å². The van der Waals surface area contributed by atoms with E-state index in [2.05, 4.69) is 10.2 Å². The Morgan fingerprint density at radius 3 is 2.07 bits per heavy atom. The summed E-state index contributed by atoms with van der Waals surface area (Å²) in [6.45, 7) is 0. The molecule has 3 aromatic rings. The topological polar surface area (TPSA) is 88.4 Å². The lowest BCUT2D eigenvalue weighted by Gasteiger charge is -2.21. The number of carbonyl (C=O) groups excluding carboxylic acids is 2. The van der Waals surface area contributed by atoms with Crippen molar-refractivity contribution < 1.29 is 14.7 Å². The van der Waals surface area contributed by atoms with Crippen LogP contribution in [0, 0.1) is 0 Å². The summed E-state index contributed by atoms with van der Waals surface area (Å²) in [6, 6.07) is 24.2. The fourth-order valence-electron chi connectivity index (χ4n) is 3.14. The van der Waals surface area contributed by atoms with Gasteiger partial charge in [-0.25, -0.2) is 0 Å². The van der Waals surface area contributed by atoms with Crippen molar-refractivity contribution in [1.29, 1.82) is 0 Å². The first-order valence-electron chi connectivity index (χ1n) is 9.06. The standard InChI is InChI=1S/C22H16N4O3S/c27-20-19(24-23-18-14-8-7-13-17(18)21(28)29)25(15-9-3-1-4-10-15)22(30)26(20)16-11-5-2-6-12-16/h1-14,19H,(H,28,29)/p-1/t19-/m1/s1. The number of hydrogen-bond donors (Lipinski definition) is 0. The van der Waals surface area contributed by atoms with Crippen molar-refractivity contribution in [2.45, 2.75) is 6.17 Å². The second-order valence-corrected chi connectivity index (χ2v) is 6.76. The molecular weight excluding hydrogens is 400 g/mol. The van der Waals surface area contributed by atoms with Gasteiger partial charge in [0.1, 0.15) is 0 Å². The molecule has 0 radical (unpaired) electrons. The lowest BCUT2D eigenvalue weighted by atomic mass is 10.2. The second kappa shape index (κ2) is 8.22. The van der Waals surface area contributed by atoms with E-state index in [1.54, 1.807) is 29.2 Å². The highest BCUT2D eigenvalue weighted by molar-refractivity contribution is 7.81. The maximum Gasteiger partial charge on any atom is 0.281 e. The fourth-order valence-corrected chi connectivity index (χ4v) is 3.54. The lowest BCUT2D eigenvalue weighted by molar-refractivity contribution is -0.254. The van der Waals surface area contributed by atoms with Crippen molar-refractivity contribution in [2.75, 3.05) is 9.80 Å². The Bertz CT molecular complexity index is 1140. The van der Waals surface area contributed by atoms with Crippen LogP contribution in [-0.4, -0.2) is 23.2 Å². The molecule has 1 aliphatic rings. The average Bonchev–Trinajstić information content (AvgIpc) is 3.03. The van der Waals surface area contributed by atoms with Crippen molar-refractivity contribution in [2.24, 2.45) is 10.2 Å². The molecule has 0 N–H and O–H groups in total. The third kappa shape index (κ3) is 3.56. The molecule has 3 aromatic carbocycles. The van der Waals surface area contributed by atoms with Crippen LogP contribution in [0.5, 0.6) is 0 Å².